The molecule has 1 amide bonds. The molecule has 1 aliphatic rings. The number of halogens is 1. The minimum absolute atomic E-state index is 0. The van der Waals surface area contributed by atoms with E-state index in [1.165, 1.54) is 0 Å². The Hall–Kier alpha value is -1.92. The van der Waals surface area contributed by atoms with Crippen molar-refractivity contribution in [2.24, 2.45) is 11.7 Å². The average molecular weight is 350 g/mol. The summed E-state index contributed by atoms with van der Waals surface area (Å²) >= 11 is 0. The highest BCUT2D eigenvalue weighted by atomic mass is 35.5. The molecule has 1 fully saturated rings. The first-order chi connectivity index (χ1) is 11.0. The maximum absolute atomic E-state index is 12.4. The molecule has 2 aromatic rings. The molecular weight excluding hydrogens is 326 g/mol. The number of nitrogens with two attached hydrogens (primary N) is 1. The fraction of sp³-hybridized carbons (Fsp3) is 0.471. The van der Waals surface area contributed by atoms with Gasteiger partial charge >= 0.3 is 0 Å². The minimum Gasteiger partial charge on any atom is -0.349 e. The van der Waals surface area contributed by atoms with E-state index in [2.05, 4.69) is 15.6 Å². The summed E-state index contributed by atoms with van der Waals surface area (Å²) in [7, 11) is 0. The van der Waals surface area contributed by atoms with E-state index in [4.69, 9.17) is 5.73 Å². The Balaban J connectivity index is 0.00000208. The Morgan fingerprint density at radius 3 is 2.62 bits per heavy atom. The lowest BCUT2D eigenvalue weighted by atomic mass is 9.95. The number of aromatic nitrogens is 3. The number of rotatable bonds is 6. The van der Waals surface area contributed by atoms with Crippen LogP contribution in [0.4, 0.5) is 0 Å². The predicted molar refractivity (Wildman–Crippen MR) is 95.4 cm³/mol. The summed E-state index contributed by atoms with van der Waals surface area (Å²) in [6.45, 7) is 4.41. The second-order valence-corrected chi connectivity index (χ2v) is 6.49. The van der Waals surface area contributed by atoms with Gasteiger partial charge in [0.1, 0.15) is 0 Å². The maximum Gasteiger partial charge on any atom is 0.226 e. The van der Waals surface area contributed by atoms with E-state index in [-0.39, 0.29) is 30.3 Å². The highest BCUT2D eigenvalue weighted by Gasteiger charge is 2.41. The summed E-state index contributed by atoms with van der Waals surface area (Å²) in [6, 6.07) is 9.78. The molecule has 3 N–H and O–H groups in total. The normalized spacial score (nSPS) is 16.1. The Morgan fingerprint density at radius 2 is 2.04 bits per heavy atom. The van der Waals surface area contributed by atoms with Crippen molar-refractivity contribution in [3.8, 4) is 5.69 Å². The Morgan fingerprint density at radius 1 is 1.38 bits per heavy atom. The van der Waals surface area contributed by atoms with Gasteiger partial charge in [-0.3, -0.25) is 4.79 Å². The van der Waals surface area contributed by atoms with Crippen LogP contribution >= 0.6 is 12.4 Å². The highest BCUT2D eigenvalue weighted by Crippen LogP contribution is 2.38. The molecule has 1 unspecified atom stereocenters. The van der Waals surface area contributed by atoms with Crippen molar-refractivity contribution in [2.75, 3.05) is 6.54 Å². The molecule has 1 aromatic heterocycles. The van der Waals surface area contributed by atoms with E-state index >= 15 is 0 Å². The number of nitrogens with zero attached hydrogens (tertiary/aromatic N) is 3. The highest BCUT2D eigenvalue weighted by molar-refractivity contribution is 5.85. The molecule has 6 nitrogen and oxygen atoms in total. The molecule has 1 heterocycles. The topological polar surface area (TPSA) is 85.8 Å². The molecular formula is C17H24ClN5O. The summed E-state index contributed by atoms with van der Waals surface area (Å²) in [6.07, 6.45) is 2.50. The van der Waals surface area contributed by atoms with Crippen molar-refractivity contribution >= 4 is 18.3 Å². The number of hydrogen-bond donors (Lipinski definition) is 2. The van der Waals surface area contributed by atoms with Gasteiger partial charge in [0, 0.05) is 6.54 Å². The van der Waals surface area contributed by atoms with Crippen molar-refractivity contribution in [1.29, 1.82) is 0 Å². The lowest BCUT2D eigenvalue weighted by molar-refractivity contribution is -0.122. The summed E-state index contributed by atoms with van der Waals surface area (Å²) in [4.78, 5) is 12.4. The lowest BCUT2D eigenvalue weighted by Crippen LogP contribution is -2.53. The zero-order valence-corrected chi connectivity index (χ0v) is 14.8. The fourth-order valence-electron chi connectivity index (χ4n) is 2.89. The van der Waals surface area contributed by atoms with Crippen LogP contribution < -0.4 is 11.1 Å². The first-order valence-corrected chi connectivity index (χ1v) is 8.01. The van der Waals surface area contributed by atoms with E-state index in [9.17, 15) is 4.79 Å². The van der Waals surface area contributed by atoms with Gasteiger partial charge in [0.2, 0.25) is 5.91 Å². The second-order valence-electron chi connectivity index (χ2n) is 6.49. The molecule has 24 heavy (non-hydrogen) atoms. The van der Waals surface area contributed by atoms with E-state index in [1.807, 2.05) is 44.2 Å². The van der Waals surface area contributed by atoms with Gasteiger partial charge in [-0.05, 0) is 44.7 Å². The van der Waals surface area contributed by atoms with Crippen molar-refractivity contribution in [3.63, 3.8) is 0 Å². The molecule has 0 aliphatic heterocycles. The molecule has 1 aromatic carbocycles. The summed E-state index contributed by atoms with van der Waals surface area (Å²) in [5.41, 5.74) is 8.06. The Labute approximate surface area is 148 Å². The third-order valence-corrected chi connectivity index (χ3v) is 4.65. The van der Waals surface area contributed by atoms with Crippen LogP contribution in [0.2, 0.25) is 0 Å². The van der Waals surface area contributed by atoms with Crippen molar-refractivity contribution < 1.29 is 4.79 Å². The van der Waals surface area contributed by atoms with Crippen LogP contribution in [-0.4, -0.2) is 33.0 Å². The van der Waals surface area contributed by atoms with Crippen LogP contribution in [0.25, 0.3) is 5.69 Å². The van der Waals surface area contributed by atoms with Crippen LogP contribution in [-0.2, 0) is 11.2 Å². The zero-order chi connectivity index (χ0) is 16.4. The van der Waals surface area contributed by atoms with E-state index < -0.39 is 0 Å². The van der Waals surface area contributed by atoms with Gasteiger partial charge in [-0.25, -0.2) is 4.68 Å². The molecule has 1 aliphatic carbocycles. The molecule has 1 atom stereocenters. The van der Waals surface area contributed by atoms with Crippen LogP contribution in [0.1, 0.15) is 31.2 Å². The fourth-order valence-corrected chi connectivity index (χ4v) is 2.89. The quantitative estimate of drug-likeness (QED) is 0.832. The second kappa shape index (κ2) is 7.32. The van der Waals surface area contributed by atoms with Crippen molar-refractivity contribution in [3.05, 3.63) is 41.7 Å². The standard InChI is InChI=1S/C17H23N5O.ClH/c1-12-15(20-21-22(12)14-6-4-3-5-7-14)10-16(23)19-17(2,11-18)13-8-9-13;/h3-7,13H,8-11,18H2,1-2H3,(H,19,23);1H. The number of nitrogens with one attached hydrogen (secondary N) is 1. The molecule has 0 saturated heterocycles. The van der Waals surface area contributed by atoms with Gasteiger partial charge in [0.15, 0.2) is 0 Å². The molecule has 3 rings (SSSR count). The number of hydrogen-bond acceptors (Lipinski definition) is 4. The number of para-hydroxylation sites is 1. The number of benzene rings is 1. The van der Waals surface area contributed by atoms with Gasteiger partial charge in [-0.15, -0.1) is 17.5 Å². The van der Waals surface area contributed by atoms with Crippen LogP contribution in [0.5, 0.6) is 0 Å². The number of amides is 1. The molecule has 7 heteroatoms. The molecule has 1 saturated carbocycles. The van der Waals surface area contributed by atoms with Crippen LogP contribution in [0.15, 0.2) is 30.3 Å². The van der Waals surface area contributed by atoms with Crippen LogP contribution in [0, 0.1) is 12.8 Å². The smallest absolute Gasteiger partial charge is 0.226 e. The predicted octanol–water partition coefficient (Wildman–Crippen LogP) is 1.78. The largest absolute Gasteiger partial charge is 0.349 e. The van der Waals surface area contributed by atoms with E-state index in [0.29, 0.717) is 18.2 Å². The van der Waals surface area contributed by atoms with Crippen molar-refractivity contribution in [1.82, 2.24) is 20.3 Å². The molecule has 0 radical (unpaired) electrons. The average Bonchev–Trinajstić information content (AvgIpc) is 3.35. The van der Waals surface area contributed by atoms with Gasteiger partial charge in [-0.2, -0.15) is 0 Å². The summed E-state index contributed by atoms with van der Waals surface area (Å²) < 4.78 is 1.76. The SMILES string of the molecule is Cc1c(CC(=O)NC(C)(CN)C2CC2)nnn1-c1ccccc1.Cl. The minimum atomic E-state index is -0.305. The molecule has 130 valence electrons. The number of carbonyl (C=O) groups excluding carboxylic acids is 1. The number of carbonyl (C=O) groups is 1. The van der Waals surface area contributed by atoms with E-state index in [0.717, 1.165) is 24.2 Å². The first kappa shape index (κ1) is 18.4. The summed E-state index contributed by atoms with van der Waals surface area (Å²) in [5.74, 6) is 0.450. The third-order valence-electron chi connectivity index (χ3n) is 4.65. The molecule has 0 spiro atoms. The van der Waals surface area contributed by atoms with E-state index in [1.54, 1.807) is 4.68 Å². The van der Waals surface area contributed by atoms with Gasteiger partial charge < -0.3 is 11.1 Å². The van der Waals surface area contributed by atoms with Gasteiger partial charge in [0.05, 0.1) is 29.0 Å². The van der Waals surface area contributed by atoms with Gasteiger partial charge in [-0.1, -0.05) is 23.4 Å². The Kier molecular flexibility index (Phi) is 5.62. The van der Waals surface area contributed by atoms with Crippen molar-refractivity contribution in [2.45, 2.75) is 38.6 Å². The maximum atomic E-state index is 12.4. The molecule has 0 bridgehead atoms. The zero-order valence-electron chi connectivity index (χ0n) is 14.0. The van der Waals surface area contributed by atoms with Gasteiger partial charge in [0.25, 0.3) is 0 Å². The first-order valence-electron chi connectivity index (χ1n) is 8.01. The Bertz CT molecular complexity index is 698. The summed E-state index contributed by atoms with van der Waals surface area (Å²) in [5, 5.41) is 11.4. The third kappa shape index (κ3) is 3.76. The lowest BCUT2D eigenvalue weighted by Gasteiger charge is -2.29. The van der Waals surface area contributed by atoms with Crippen LogP contribution in [0.3, 0.4) is 0 Å². The monoisotopic (exact) mass is 349 g/mol.